The molecule has 2 atom stereocenters. The van der Waals surface area contributed by atoms with Gasteiger partial charge in [0.15, 0.2) is 6.61 Å². The highest BCUT2D eigenvalue weighted by Gasteiger charge is 2.28. The summed E-state index contributed by atoms with van der Waals surface area (Å²) < 4.78 is 5.26. The standard InChI is InChI=1S/C20H23ClN2O3/c21-17-10-14(6-7-19(17)26-13-20(22)25)11-23-9-8-16(18(24)12-23)15-4-2-1-3-5-15/h1-7,10,16,18,24H,8-9,11-13H2,(H2,22,25)/t16-,18-/m1/s1. The Morgan fingerprint density at radius 1 is 1.27 bits per heavy atom. The van der Waals surface area contributed by atoms with E-state index >= 15 is 0 Å². The molecule has 5 nitrogen and oxygen atoms in total. The molecule has 0 bridgehead atoms. The molecule has 1 aliphatic heterocycles. The van der Waals surface area contributed by atoms with E-state index < -0.39 is 5.91 Å². The molecular weight excluding hydrogens is 352 g/mol. The van der Waals surface area contributed by atoms with Crippen LogP contribution in [0, 0.1) is 0 Å². The van der Waals surface area contributed by atoms with E-state index in [1.807, 2.05) is 30.3 Å². The maximum Gasteiger partial charge on any atom is 0.255 e. The van der Waals surface area contributed by atoms with Crippen LogP contribution in [-0.4, -0.2) is 41.7 Å². The van der Waals surface area contributed by atoms with Crippen LogP contribution in [0.4, 0.5) is 0 Å². The minimum atomic E-state index is -0.541. The molecule has 3 rings (SSSR count). The molecule has 3 N–H and O–H groups in total. The van der Waals surface area contributed by atoms with E-state index in [-0.39, 0.29) is 18.6 Å². The van der Waals surface area contributed by atoms with Crippen molar-refractivity contribution in [2.75, 3.05) is 19.7 Å². The lowest BCUT2D eigenvalue weighted by Crippen LogP contribution is -2.42. The Bertz CT molecular complexity index is 754. The van der Waals surface area contributed by atoms with Crippen LogP contribution in [0.1, 0.15) is 23.5 Å². The molecule has 0 spiro atoms. The molecule has 1 amide bonds. The minimum Gasteiger partial charge on any atom is -0.482 e. The van der Waals surface area contributed by atoms with E-state index in [4.69, 9.17) is 22.1 Å². The molecule has 1 heterocycles. The minimum absolute atomic E-state index is 0.181. The zero-order chi connectivity index (χ0) is 18.5. The maximum absolute atomic E-state index is 10.8. The quantitative estimate of drug-likeness (QED) is 0.814. The van der Waals surface area contributed by atoms with E-state index in [1.54, 1.807) is 6.07 Å². The summed E-state index contributed by atoms with van der Waals surface area (Å²) in [4.78, 5) is 13.0. The third-order valence-electron chi connectivity index (χ3n) is 4.67. The first-order valence-corrected chi connectivity index (χ1v) is 9.05. The number of hydrogen-bond acceptors (Lipinski definition) is 4. The molecule has 6 heteroatoms. The van der Waals surface area contributed by atoms with Crippen molar-refractivity contribution in [3.63, 3.8) is 0 Å². The fourth-order valence-corrected chi connectivity index (χ4v) is 3.65. The van der Waals surface area contributed by atoms with Gasteiger partial charge in [0.2, 0.25) is 0 Å². The number of nitrogens with two attached hydrogens (primary N) is 1. The maximum atomic E-state index is 10.8. The number of carbonyl (C=O) groups is 1. The first kappa shape index (κ1) is 18.7. The fraction of sp³-hybridized carbons (Fsp3) is 0.350. The average Bonchev–Trinajstić information content (AvgIpc) is 2.62. The number of rotatable bonds is 6. The topological polar surface area (TPSA) is 75.8 Å². The number of ether oxygens (including phenoxy) is 1. The van der Waals surface area contributed by atoms with Gasteiger partial charge in [-0.15, -0.1) is 0 Å². The number of piperidine rings is 1. The molecule has 0 aromatic heterocycles. The predicted octanol–water partition coefficient (Wildman–Crippen LogP) is 2.55. The second kappa shape index (κ2) is 8.54. The number of amides is 1. The van der Waals surface area contributed by atoms with Gasteiger partial charge in [-0.3, -0.25) is 9.69 Å². The van der Waals surface area contributed by atoms with Gasteiger partial charge in [0.1, 0.15) is 5.75 Å². The van der Waals surface area contributed by atoms with Crippen molar-refractivity contribution in [2.45, 2.75) is 25.0 Å². The summed E-state index contributed by atoms with van der Waals surface area (Å²) in [5, 5.41) is 11.0. The molecule has 1 aliphatic rings. The molecule has 2 aromatic carbocycles. The number of aliphatic hydroxyl groups is 1. The second-order valence-electron chi connectivity index (χ2n) is 6.63. The highest BCUT2D eigenvalue weighted by molar-refractivity contribution is 6.32. The Balaban J connectivity index is 1.58. The zero-order valence-corrected chi connectivity index (χ0v) is 15.2. The fourth-order valence-electron chi connectivity index (χ4n) is 3.40. The molecule has 2 aromatic rings. The number of hydrogen-bond donors (Lipinski definition) is 2. The van der Waals surface area contributed by atoms with E-state index in [0.29, 0.717) is 23.9 Å². The Morgan fingerprint density at radius 2 is 2.04 bits per heavy atom. The molecular formula is C20H23ClN2O3. The van der Waals surface area contributed by atoms with Crippen LogP contribution in [0.25, 0.3) is 0 Å². The van der Waals surface area contributed by atoms with Gasteiger partial charge in [-0.25, -0.2) is 0 Å². The largest absolute Gasteiger partial charge is 0.482 e. The molecule has 0 unspecified atom stereocenters. The SMILES string of the molecule is NC(=O)COc1ccc(CN2CC[C@H](c3ccccc3)[C@H](O)C2)cc1Cl. The van der Waals surface area contributed by atoms with E-state index in [9.17, 15) is 9.90 Å². The molecule has 0 radical (unpaired) electrons. The van der Waals surface area contributed by atoms with Crippen molar-refractivity contribution in [1.29, 1.82) is 0 Å². The molecule has 138 valence electrons. The third kappa shape index (κ3) is 4.75. The lowest BCUT2D eigenvalue weighted by Gasteiger charge is -2.36. The van der Waals surface area contributed by atoms with Gasteiger partial charge in [-0.2, -0.15) is 0 Å². The number of halogens is 1. The Kier molecular flexibility index (Phi) is 6.14. The van der Waals surface area contributed by atoms with Crippen molar-refractivity contribution in [3.8, 4) is 5.75 Å². The van der Waals surface area contributed by atoms with Crippen LogP contribution in [0.5, 0.6) is 5.75 Å². The summed E-state index contributed by atoms with van der Waals surface area (Å²) in [6.07, 6.45) is 0.526. The third-order valence-corrected chi connectivity index (χ3v) is 4.96. The zero-order valence-electron chi connectivity index (χ0n) is 14.5. The highest BCUT2D eigenvalue weighted by Crippen LogP contribution is 2.30. The lowest BCUT2D eigenvalue weighted by molar-refractivity contribution is -0.119. The van der Waals surface area contributed by atoms with E-state index in [0.717, 1.165) is 18.5 Å². The monoisotopic (exact) mass is 374 g/mol. The van der Waals surface area contributed by atoms with Crippen molar-refractivity contribution in [2.24, 2.45) is 5.73 Å². The van der Waals surface area contributed by atoms with Gasteiger partial charge < -0.3 is 15.6 Å². The van der Waals surface area contributed by atoms with E-state index in [1.165, 1.54) is 5.56 Å². The number of primary amides is 1. The van der Waals surface area contributed by atoms with E-state index in [2.05, 4.69) is 17.0 Å². The second-order valence-corrected chi connectivity index (χ2v) is 7.04. The molecule has 0 aliphatic carbocycles. The summed E-state index contributed by atoms with van der Waals surface area (Å²) in [6, 6.07) is 15.7. The first-order valence-electron chi connectivity index (χ1n) is 8.68. The van der Waals surface area contributed by atoms with Crippen LogP contribution in [-0.2, 0) is 11.3 Å². The van der Waals surface area contributed by atoms with Gasteiger partial charge in [0.05, 0.1) is 11.1 Å². The summed E-state index contributed by atoms with van der Waals surface area (Å²) in [7, 11) is 0. The molecule has 1 fully saturated rings. The van der Waals surface area contributed by atoms with Gasteiger partial charge >= 0.3 is 0 Å². The number of benzene rings is 2. The van der Waals surface area contributed by atoms with Crippen LogP contribution in [0.3, 0.4) is 0 Å². The number of likely N-dealkylation sites (tertiary alicyclic amines) is 1. The van der Waals surface area contributed by atoms with Crippen LogP contribution < -0.4 is 10.5 Å². The number of carbonyl (C=O) groups excluding carboxylic acids is 1. The van der Waals surface area contributed by atoms with Gasteiger partial charge in [-0.05, 0) is 36.2 Å². The average molecular weight is 375 g/mol. The molecule has 0 saturated carbocycles. The highest BCUT2D eigenvalue weighted by atomic mass is 35.5. The van der Waals surface area contributed by atoms with Crippen LogP contribution in [0.15, 0.2) is 48.5 Å². The van der Waals surface area contributed by atoms with Crippen molar-refractivity contribution >= 4 is 17.5 Å². The summed E-state index contributed by atoms with van der Waals surface area (Å²) in [5.41, 5.74) is 7.30. The number of aliphatic hydroxyl groups excluding tert-OH is 1. The summed E-state index contributed by atoms with van der Waals surface area (Å²) in [6.45, 7) is 2.04. The molecule has 26 heavy (non-hydrogen) atoms. The normalized spacial score (nSPS) is 20.7. The van der Waals surface area contributed by atoms with Gasteiger partial charge in [0, 0.05) is 19.0 Å². The predicted molar refractivity (Wildman–Crippen MR) is 101 cm³/mol. The van der Waals surface area contributed by atoms with Crippen molar-refractivity contribution < 1.29 is 14.6 Å². The smallest absolute Gasteiger partial charge is 0.255 e. The van der Waals surface area contributed by atoms with Crippen molar-refractivity contribution in [3.05, 3.63) is 64.7 Å². The van der Waals surface area contributed by atoms with Crippen molar-refractivity contribution in [1.82, 2.24) is 4.90 Å². The Hall–Kier alpha value is -2.08. The first-order chi connectivity index (χ1) is 12.5. The Labute approximate surface area is 158 Å². The summed E-state index contributed by atoms with van der Waals surface area (Å²) >= 11 is 6.22. The van der Waals surface area contributed by atoms with Crippen LogP contribution in [0.2, 0.25) is 5.02 Å². The lowest BCUT2D eigenvalue weighted by atomic mass is 9.87. The Morgan fingerprint density at radius 3 is 2.69 bits per heavy atom. The summed E-state index contributed by atoms with van der Waals surface area (Å²) in [5.74, 6) is 0.0815. The number of nitrogens with zero attached hydrogens (tertiary/aromatic N) is 1. The molecule has 1 saturated heterocycles. The number of β-amino-alcohol motifs (C(OH)–C–C–N with tert-alkyl or cyclic N) is 1. The van der Waals surface area contributed by atoms with Gasteiger partial charge in [-0.1, -0.05) is 48.0 Å². The van der Waals surface area contributed by atoms with Gasteiger partial charge in [0.25, 0.3) is 5.91 Å². The van der Waals surface area contributed by atoms with Crippen LogP contribution >= 0.6 is 11.6 Å².